The Morgan fingerprint density at radius 3 is 2.79 bits per heavy atom. The molecule has 2 aliphatic heterocycles. The van der Waals surface area contributed by atoms with E-state index in [1.807, 2.05) is 0 Å². The van der Waals surface area contributed by atoms with Gasteiger partial charge in [-0.15, -0.1) is 0 Å². The number of ketones is 1. The molecule has 6 nitrogen and oxygen atoms in total. The van der Waals surface area contributed by atoms with E-state index in [0.717, 1.165) is 12.8 Å². The van der Waals surface area contributed by atoms with Crippen LogP contribution >= 0.6 is 0 Å². The highest BCUT2D eigenvalue weighted by molar-refractivity contribution is 7.89. The maximum absolute atomic E-state index is 12.4. The summed E-state index contributed by atoms with van der Waals surface area (Å²) in [5.74, 6) is -0.00526. The van der Waals surface area contributed by atoms with Crippen molar-refractivity contribution in [1.82, 2.24) is 4.31 Å². The third kappa shape index (κ3) is 3.98. The third-order valence-corrected chi connectivity index (χ3v) is 5.46. The molecular formula is C12H21NO5S. The van der Waals surface area contributed by atoms with Crippen molar-refractivity contribution in [3.63, 3.8) is 0 Å². The zero-order valence-corrected chi connectivity index (χ0v) is 12.0. The quantitative estimate of drug-likeness (QED) is 0.722. The zero-order chi connectivity index (χ0) is 13.9. The Morgan fingerprint density at radius 2 is 2.16 bits per heavy atom. The monoisotopic (exact) mass is 291 g/mol. The summed E-state index contributed by atoms with van der Waals surface area (Å²) in [6.07, 6.45) is 1.72. The standard InChI is InChI=1S/C12H21NO5S/c1-10(14)7-11-8-17-6-4-13(11)19(15,16)9-12-3-2-5-18-12/h11-12H,2-9H2,1H3/t11-,12-/m1/s1. The smallest absolute Gasteiger partial charge is 0.217 e. The van der Waals surface area contributed by atoms with Crippen LogP contribution in [0.15, 0.2) is 0 Å². The molecule has 0 saturated carbocycles. The Balaban J connectivity index is 2.04. The lowest BCUT2D eigenvalue weighted by molar-refractivity contribution is -0.118. The molecule has 0 unspecified atom stereocenters. The first kappa shape index (κ1) is 14.9. The van der Waals surface area contributed by atoms with E-state index in [1.54, 1.807) is 0 Å². The van der Waals surface area contributed by atoms with Crippen LogP contribution in [0.2, 0.25) is 0 Å². The molecule has 0 amide bonds. The summed E-state index contributed by atoms with van der Waals surface area (Å²) >= 11 is 0. The van der Waals surface area contributed by atoms with Crippen LogP contribution in [0.1, 0.15) is 26.2 Å². The van der Waals surface area contributed by atoms with Gasteiger partial charge in [-0.05, 0) is 19.8 Å². The van der Waals surface area contributed by atoms with Crippen LogP contribution in [0, 0.1) is 0 Å². The topological polar surface area (TPSA) is 72.9 Å². The minimum Gasteiger partial charge on any atom is -0.378 e. The molecule has 2 rings (SSSR count). The first-order valence-corrected chi connectivity index (χ1v) is 8.28. The van der Waals surface area contributed by atoms with E-state index < -0.39 is 10.0 Å². The lowest BCUT2D eigenvalue weighted by Gasteiger charge is -2.34. The SMILES string of the molecule is CC(=O)C[C@@H]1COCCN1S(=O)(=O)C[C@H]1CCCO1. The predicted octanol–water partition coefficient (Wildman–Crippen LogP) is 0.175. The highest BCUT2D eigenvalue weighted by atomic mass is 32.2. The summed E-state index contributed by atoms with van der Waals surface area (Å²) in [4.78, 5) is 11.2. The summed E-state index contributed by atoms with van der Waals surface area (Å²) < 4.78 is 36.9. The number of nitrogens with zero attached hydrogens (tertiary/aromatic N) is 1. The van der Waals surface area contributed by atoms with E-state index in [4.69, 9.17) is 9.47 Å². The maximum Gasteiger partial charge on any atom is 0.217 e. The Hall–Kier alpha value is -0.500. The van der Waals surface area contributed by atoms with Gasteiger partial charge in [0.2, 0.25) is 10.0 Å². The van der Waals surface area contributed by atoms with E-state index in [-0.39, 0.29) is 30.1 Å². The minimum atomic E-state index is -3.39. The molecule has 2 heterocycles. The zero-order valence-electron chi connectivity index (χ0n) is 11.2. The summed E-state index contributed by atoms with van der Waals surface area (Å²) in [6.45, 7) is 3.12. The maximum atomic E-state index is 12.4. The average molecular weight is 291 g/mol. The second kappa shape index (κ2) is 6.30. The molecule has 0 aliphatic carbocycles. The van der Waals surface area contributed by atoms with Gasteiger partial charge in [0.05, 0.1) is 31.1 Å². The van der Waals surface area contributed by atoms with Crippen molar-refractivity contribution in [1.29, 1.82) is 0 Å². The van der Waals surface area contributed by atoms with E-state index in [9.17, 15) is 13.2 Å². The number of morpholine rings is 1. The fourth-order valence-corrected chi connectivity index (χ4v) is 4.47. The molecule has 0 radical (unpaired) electrons. The molecule has 2 aliphatic rings. The van der Waals surface area contributed by atoms with Crippen LogP contribution in [0.5, 0.6) is 0 Å². The van der Waals surface area contributed by atoms with Crippen molar-refractivity contribution in [2.24, 2.45) is 0 Å². The fourth-order valence-electron chi connectivity index (χ4n) is 2.60. The third-order valence-electron chi connectivity index (χ3n) is 3.47. The Bertz CT molecular complexity index is 416. The molecule has 19 heavy (non-hydrogen) atoms. The van der Waals surface area contributed by atoms with E-state index in [0.29, 0.717) is 26.4 Å². The van der Waals surface area contributed by atoms with Gasteiger partial charge in [0, 0.05) is 19.6 Å². The number of hydrogen-bond acceptors (Lipinski definition) is 5. The van der Waals surface area contributed by atoms with Crippen molar-refractivity contribution >= 4 is 15.8 Å². The lowest BCUT2D eigenvalue weighted by atomic mass is 10.1. The first-order chi connectivity index (χ1) is 8.99. The Labute approximate surface area is 114 Å². The molecule has 0 aromatic rings. The van der Waals surface area contributed by atoms with Crippen molar-refractivity contribution < 1.29 is 22.7 Å². The van der Waals surface area contributed by atoms with E-state index >= 15 is 0 Å². The van der Waals surface area contributed by atoms with Crippen molar-refractivity contribution in [2.45, 2.75) is 38.3 Å². The van der Waals surface area contributed by atoms with Crippen molar-refractivity contribution in [3.8, 4) is 0 Å². The molecule has 2 atom stereocenters. The molecule has 2 fully saturated rings. The molecule has 7 heteroatoms. The normalized spacial score (nSPS) is 29.5. The first-order valence-electron chi connectivity index (χ1n) is 6.67. The molecule has 0 bridgehead atoms. The van der Waals surface area contributed by atoms with Crippen molar-refractivity contribution in [3.05, 3.63) is 0 Å². The van der Waals surface area contributed by atoms with Gasteiger partial charge < -0.3 is 9.47 Å². The fraction of sp³-hybridized carbons (Fsp3) is 0.917. The summed E-state index contributed by atoms with van der Waals surface area (Å²) in [6, 6.07) is -0.363. The van der Waals surface area contributed by atoms with Gasteiger partial charge in [-0.1, -0.05) is 0 Å². The molecule has 0 spiro atoms. The summed E-state index contributed by atoms with van der Waals surface area (Å²) in [5, 5.41) is 0. The number of Topliss-reactive ketones (excluding diaryl/α,β-unsaturated/α-hetero) is 1. The molecule has 0 aromatic carbocycles. The van der Waals surface area contributed by atoms with Gasteiger partial charge in [0.1, 0.15) is 5.78 Å². The van der Waals surface area contributed by atoms with Crippen LogP contribution in [-0.4, -0.2) is 62.8 Å². The van der Waals surface area contributed by atoms with Gasteiger partial charge >= 0.3 is 0 Å². The van der Waals surface area contributed by atoms with E-state index in [1.165, 1.54) is 11.2 Å². The average Bonchev–Trinajstić information content (AvgIpc) is 2.80. The summed E-state index contributed by atoms with van der Waals surface area (Å²) in [5.41, 5.74) is 0. The Kier molecular flexibility index (Phi) is 4.94. The molecule has 110 valence electrons. The number of ether oxygens (including phenoxy) is 2. The van der Waals surface area contributed by atoms with Crippen LogP contribution in [-0.2, 0) is 24.3 Å². The molecule has 0 aromatic heterocycles. The summed E-state index contributed by atoms with van der Waals surface area (Å²) in [7, 11) is -3.39. The van der Waals surface area contributed by atoms with Crippen LogP contribution in [0.3, 0.4) is 0 Å². The number of carbonyl (C=O) groups excluding carboxylic acids is 1. The number of sulfonamides is 1. The number of hydrogen-bond donors (Lipinski definition) is 0. The second-order valence-corrected chi connectivity index (χ2v) is 7.13. The van der Waals surface area contributed by atoms with Gasteiger partial charge in [0.15, 0.2) is 0 Å². The number of rotatable bonds is 5. The van der Waals surface area contributed by atoms with Gasteiger partial charge in [0.25, 0.3) is 0 Å². The van der Waals surface area contributed by atoms with Crippen LogP contribution in [0.4, 0.5) is 0 Å². The second-order valence-electron chi connectivity index (χ2n) is 5.16. The molecule has 2 saturated heterocycles. The lowest BCUT2D eigenvalue weighted by Crippen LogP contribution is -2.51. The van der Waals surface area contributed by atoms with Crippen LogP contribution < -0.4 is 0 Å². The highest BCUT2D eigenvalue weighted by Gasteiger charge is 2.35. The van der Waals surface area contributed by atoms with Crippen LogP contribution in [0.25, 0.3) is 0 Å². The Morgan fingerprint density at radius 1 is 1.37 bits per heavy atom. The number of carbonyl (C=O) groups is 1. The van der Waals surface area contributed by atoms with Crippen molar-refractivity contribution in [2.75, 3.05) is 32.1 Å². The highest BCUT2D eigenvalue weighted by Crippen LogP contribution is 2.20. The largest absolute Gasteiger partial charge is 0.378 e. The van der Waals surface area contributed by atoms with E-state index in [2.05, 4.69) is 0 Å². The van der Waals surface area contributed by atoms with Gasteiger partial charge in [-0.2, -0.15) is 4.31 Å². The molecular weight excluding hydrogens is 270 g/mol. The minimum absolute atomic E-state index is 0.0153. The van der Waals surface area contributed by atoms with Gasteiger partial charge in [-0.3, -0.25) is 4.79 Å². The molecule has 0 N–H and O–H groups in total. The van der Waals surface area contributed by atoms with Gasteiger partial charge in [-0.25, -0.2) is 8.42 Å². The predicted molar refractivity (Wildman–Crippen MR) is 69.4 cm³/mol.